The van der Waals surface area contributed by atoms with E-state index >= 15 is 0 Å². The van der Waals surface area contributed by atoms with Crippen LogP contribution in [0, 0.1) is 5.92 Å². The van der Waals surface area contributed by atoms with E-state index in [-0.39, 0.29) is 24.1 Å². The highest BCUT2D eigenvalue weighted by molar-refractivity contribution is 5.89. The third kappa shape index (κ3) is 5.63. The van der Waals surface area contributed by atoms with Gasteiger partial charge in [-0.1, -0.05) is 6.07 Å². The van der Waals surface area contributed by atoms with Crippen LogP contribution in [0.15, 0.2) is 24.3 Å². The summed E-state index contributed by atoms with van der Waals surface area (Å²) < 4.78 is 42.9. The summed E-state index contributed by atoms with van der Waals surface area (Å²) in [6.07, 6.45) is -4.14. The summed E-state index contributed by atoms with van der Waals surface area (Å²) in [4.78, 5) is 25.3. The molecule has 2 N–H and O–H groups in total. The van der Waals surface area contributed by atoms with E-state index < -0.39 is 17.8 Å². The molecule has 0 saturated carbocycles. The Morgan fingerprint density at radius 1 is 1.40 bits per heavy atom. The number of anilines is 1. The Bertz CT molecular complexity index is 622. The number of likely N-dealkylation sites (tertiary alicyclic amines) is 1. The van der Waals surface area contributed by atoms with E-state index in [0.717, 1.165) is 12.1 Å². The van der Waals surface area contributed by atoms with Gasteiger partial charge in [0, 0.05) is 44.8 Å². The normalized spacial score (nSPS) is 17.7. The molecule has 2 rings (SSSR count). The number of alkyl halides is 3. The van der Waals surface area contributed by atoms with E-state index in [1.807, 2.05) is 0 Å². The largest absolute Gasteiger partial charge is 0.416 e. The molecule has 1 saturated heterocycles. The molecule has 1 aliphatic rings. The number of methoxy groups -OCH3 is 1. The van der Waals surface area contributed by atoms with Crippen molar-refractivity contribution in [1.82, 2.24) is 10.2 Å². The topological polar surface area (TPSA) is 70.7 Å². The molecule has 0 unspecified atom stereocenters. The van der Waals surface area contributed by atoms with Crippen molar-refractivity contribution in [2.45, 2.75) is 12.6 Å². The molecule has 1 heterocycles. The van der Waals surface area contributed by atoms with Gasteiger partial charge in [0.15, 0.2) is 0 Å². The van der Waals surface area contributed by atoms with E-state index in [4.69, 9.17) is 4.74 Å². The number of halogens is 3. The van der Waals surface area contributed by atoms with E-state index in [9.17, 15) is 22.8 Å². The molecule has 6 nitrogen and oxygen atoms in total. The lowest BCUT2D eigenvalue weighted by Crippen LogP contribution is -2.34. The summed E-state index contributed by atoms with van der Waals surface area (Å²) in [6, 6.07) is 3.79. The molecule has 138 valence electrons. The molecule has 1 aromatic carbocycles. The summed E-state index contributed by atoms with van der Waals surface area (Å²) in [5.41, 5.74) is -0.781. The number of nitrogens with one attached hydrogen (secondary N) is 2. The molecule has 1 atom stereocenters. The van der Waals surface area contributed by atoms with Crippen molar-refractivity contribution in [3.05, 3.63) is 29.8 Å². The molecule has 0 bridgehead atoms. The first-order chi connectivity index (χ1) is 11.8. The van der Waals surface area contributed by atoms with Gasteiger partial charge in [0.05, 0.1) is 12.2 Å². The molecule has 9 heteroatoms. The van der Waals surface area contributed by atoms with Crippen LogP contribution in [0.2, 0.25) is 0 Å². The van der Waals surface area contributed by atoms with Gasteiger partial charge in [0.25, 0.3) is 0 Å². The van der Waals surface area contributed by atoms with Gasteiger partial charge in [-0.05, 0) is 18.2 Å². The SMILES string of the molecule is COCCN1C[C@@H](CNC(=O)Nc2cccc(C(F)(F)F)c2)CC1=O. The Balaban J connectivity index is 1.81. The average molecular weight is 359 g/mol. The van der Waals surface area contributed by atoms with Crippen LogP contribution in [0.5, 0.6) is 0 Å². The monoisotopic (exact) mass is 359 g/mol. The maximum Gasteiger partial charge on any atom is 0.416 e. The van der Waals surface area contributed by atoms with Crippen molar-refractivity contribution in [3.63, 3.8) is 0 Å². The second-order valence-corrected chi connectivity index (χ2v) is 5.82. The zero-order valence-corrected chi connectivity index (χ0v) is 13.7. The highest BCUT2D eigenvalue weighted by Crippen LogP contribution is 2.30. The van der Waals surface area contributed by atoms with Gasteiger partial charge < -0.3 is 20.3 Å². The molecular formula is C16H20F3N3O3. The van der Waals surface area contributed by atoms with E-state index in [1.165, 1.54) is 12.1 Å². The molecule has 0 aliphatic carbocycles. The number of nitrogens with zero attached hydrogens (tertiary/aromatic N) is 1. The van der Waals surface area contributed by atoms with Crippen LogP contribution >= 0.6 is 0 Å². The van der Waals surface area contributed by atoms with Crippen molar-refractivity contribution in [2.75, 3.05) is 38.7 Å². The van der Waals surface area contributed by atoms with Crippen LogP contribution < -0.4 is 10.6 Å². The Morgan fingerprint density at radius 3 is 2.84 bits per heavy atom. The Labute approximate surface area is 143 Å². The zero-order chi connectivity index (χ0) is 18.4. The fraction of sp³-hybridized carbons (Fsp3) is 0.500. The smallest absolute Gasteiger partial charge is 0.383 e. The first-order valence-corrected chi connectivity index (χ1v) is 7.78. The number of urea groups is 1. The summed E-state index contributed by atoms with van der Waals surface area (Å²) in [6.45, 7) is 1.73. The second kappa shape index (κ2) is 8.19. The van der Waals surface area contributed by atoms with Gasteiger partial charge >= 0.3 is 12.2 Å². The minimum atomic E-state index is -4.47. The van der Waals surface area contributed by atoms with Crippen molar-refractivity contribution in [1.29, 1.82) is 0 Å². The fourth-order valence-corrected chi connectivity index (χ4v) is 2.59. The maximum atomic E-state index is 12.6. The fourth-order valence-electron chi connectivity index (χ4n) is 2.59. The first kappa shape index (κ1) is 19.0. The molecule has 1 aliphatic heterocycles. The predicted molar refractivity (Wildman–Crippen MR) is 85.0 cm³/mol. The highest BCUT2D eigenvalue weighted by Gasteiger charge is 2.31. The van der Waals surface area contributed by atoms with Gasteiger partial charge in [-0.2, -0.15) is 13.2 Å². The minimum Gasteiger partial charge on any atom is -0.383 e. The lowest BCUT2D eigenvalue weighted by Gasteiger charge is -2.16. The van der Waals surface area contributed by atoms with Crippen molar-refractivity contribution in [3.8, 4) is 0 Å². The van der Waals surface area contributed by atoms with Crippen molar-refractivity contribution >= 4 is 17.6 Å². The molecule has 0 spiro atoms. The van der Waals surface area contributed by atoms with E-state index in [0.29, 0.717) is 26.1 Å². The third-order valence-electron chi connectivity index (χ3n) is 3.86. The van der Waals surface area contributed by atoms with E-state index in [1.54, 1.807) is 12.0 Å². The van der Waals surface area contributed by atoms with Gasteiger partial charge in [-0.25, -0.2) is 4.79 Å². The minimum absolute atomic E-state index is 0.00198. The Kier molecular flexibility index (Phi) is 6.24. The molecule has 3 amide bonds. The number of hydrogen-bond donors (Lipinski definition) is 2. The number of ether oxygens (including phenoxy) is 1. The van der Waals surface area contributed by atoms with Gasteiger partial charge in [-0.3, -0.25) is 4.79 Å². The lowest BCUT2D eigenvalue weighted by atomic mass is 10.1. The third-order valence-corrected chi connectivity index (χ3v) is 3.86. The summed E-state index contributed by atoms with van der Waals surface area (Å²) in [5.74, 6) is -0.0289. The van der Waals surface area contributed by atoms with Crippen LogP contribution in [0.1, 0.15) is 12.0 Å². The number of carbonyl (C=O) groups excluding carboxylic acids is 2. The number of hydrogen-bond acceptors (Lipinski definition) is 3. The highest BCUT2D eigenvalue weighted by atomic mass is 19.4. The molecule has 1 aromatic rings. The lowest BCUT2D eigenvalue weighted by molar-refractivity contribution is -0.137. The van der Waals surface area contributed by atoms with E-state index in [2.05, 4.69) is 10.6 Å². The van der Waals surface area contributed by atoms with Crippen LogP contribution in [0.4, 0.5) is 23.7 Å². The number of benzene rings is 1. The summed E-state index contributed by atoms with van der Waals surface area (Å²) >= 11 is 0. The zero-order valence-electron chi connectivity index (χ0n) is 13.7. The Hall–Kier alpha value is -2.29. The average Bonchev–Trinajstić information content (AvgIpc) is 2.90. The van der Waals surface area contributed by atoms with Crippen LogP contribution in [0.3, 0.4) is 0 Å². The van der Waals surface area contributed by atoms with Crippen LogP contribution in [-0.4, -0.2) is 50.2 Å². The predicted octanol–water partition coefficient (Wildman–Crippen LogP) is 2.32. The van der Waals surface area contributed by atoms with Crippen LogP contribution in [-0.2, 0) is 15.7 Å². The standard InChI is InChI=1S/C16H20F3N3O3/c1-25-6-5-22-10-11(7-14(22)23)9-20-15(24)21-13-4-2-3-12(8-13)16(17,18)19/h2-4,8,11H,5-7,9-10H2,1H3,(H2,20,21,24)/t11-/m1/s1. The van der Waals surface area contributed by atoms with Gasteiger partial charge in [-0.15, -0.1) is 0 Å². The van der Waals surface area contributed by atoms with Gasteiger partial charge in [0.1, 0.15) is 0 Å². The molecule has 25 heavy (non-hydrogen) atoms. The van der Waals surface area contributed by atoms with Crippen molar-refractivity contribution in [2.24, 2.45) is 5.92 Å². The molecular weight excluding hydrogens is 339 g/mol. The quantitative estimate of drug-likeness (QED) is 0.819. The molecule has 0 aromatic heterocycles. The van der Waals surface area contributed by atoms with Crippen molar-refractivity contribution < 1.29 is 27.5 Å². The molecule has 0 radical (unpaired) electrons. The number of rotatable bonds is 6. The second-order valence-electron chi connectivity index (χ2n) is 5.82. The van der Waals surface area contributed by atoms with Crippen LogP contribution in [0.25, 0.3) is 0 Å². The maximum absolute atomic E-state index is 12.6. The summed E-state index contributed by atoms with van der Waals surface area (Å²) in [7, 11) is 1.55. The molecule has 1 fully saturated rings. The number of carbonyl (C=O) groups is 2. The Morgan fingerprint density at radius 2 is 2.16 bits per heavy atom. The van der Waals surface area contributed by atoms with Gasteiger partial charge in [0.2, 0.25) is 5.91 Å². The first-order valence-electron chi connectivity index (χ1n) is 7.78. The summed E-state index contributed by atoms with van der Waals surface area (Å²) in [5, 5.41) is 4.95. The number of amides is 3.